The van der Waals surface area contributed by atoms with E-state index in [2.05, 4.69) is 18.7 Å². The van der Waals surface area contributed by atoms with Gasteiger partial charge in [0, 0.05) is 0 Å². The van der Waals surface area contributed by atoms with Gasteiger partial charge in [0.15, 0.2) is 0 Å². The van der Waals surface area contributed by atoms with Gasteiger partial charge in [0.25, 0.3) is 0 Å². The Labute approximate surface area is 132 Å². The molecule has 0 bridgehead atoms. The Morgan fingerprint density at radius 3 is 2.64 bits per heavy atom. The molecule has 0 unspecified atom stereocenters. The molecule has 2 heteroatoms. The van der Waals surface area contributed by atoms with Crippen molar-refractivity contribution in [2.24, 2.45) is 5.41 Å². The van der Waals surface area contributed by atoms with Crippen molar-refractivity contribution in [3.8, 4) is 0 Å². The molecule has 0 amide bonds. The van der Waals surface area contributed by atoms with Gasteiger partial charge in [-0.2, -0.15) is 0 Å². The highest BCUT2D eigenvalue weighted by molar-refractivity contribution is 5.89. The minimum absolute atomic E-state index is 0.242. The van der Waals surface area contributed by atoms with E-state index in [-0.39, 0.29) is 5.97 Å². The lowest BCUT2D eigenvalue weighted by atomic mass is 9.80. The van der Waals surface area contributed by atoms with Gasteiger partial charge in [-0.15, -0.1) is 0 Å². The number of benzene rings is 1. The topological polar surface area (TPSA) is 26.3 Å². The second kappa shape index (κ2) is 7.08. The number of ether oxygens (including phenoxy) is 1. The molecule has 0 fully saturated rings. The molecule has 0 radical (unpaired) electrons. The van der Waals surface area contributed by atoms with E-state index in [1.54, 1.807) is 0 Å². The summed E-state index contributed by atoms with van der Waals surface area (Å²) in [5.74, 6) is -0.242. The number of esters is 1. The molecule has 0 heterocycles. The van der Waals surface area contributed by atoms with Crippen molar-refractivity contribution in [3.05, 3.63) is 78.4 Å². The van der Waals surface area contributed by atoms with Crippen LogP contribution in [0.2, 0.25) is 0 Å². The summed E-state index contributed by atoms with van der Waals surface area (Å²) in [6, 6.07) is 10.1. The van der Waals surface area contributed by atoms with Crippen LogP contribution in [0.15, 0.2) is 72.9 Å². The molecule has 1 aliphatic rings. The molecule has 1 atom stereocenters. The Morgan fingerprint density at radius 2 is 2.00 bits per heavy atom. The first-order chi connectivity index (χ1) is 10.6. The van der Waals surface area contributed by atoms with Gasteiger partial charge >= 0.3 is 5.97 Å². The van der Waals surface area contributed by atoms with Gasteiger partial charge in [-0.1, -0.05) is 67.3 Å². The van der Waals surface area contributed by atoms with E-state index in [0.29, 0.717) is 6.42 Å². The molecule has 0 saturated heterocycles. The molecule has 0 spiro atoms. The molecular weight excluding hydrogens is 272 g/mol. The van der Waals surface area contributed by atoms with Crippen LogP contribution in [-0.4, -0.2) is 13.1 Å². The number of carbonyl (C=O) groups is 1. The van der Waals surface area contributed by atoms with Crippen molar-refractivity contribution in [2.45, 2.75) is 19.8 Å². The summed E-state index contributed by atoms with van der Waals surface area (Å²) in [6.45, 7) is 6.06. The molecule has 1 aromatic rings. The Kier molecular flexibility index (Phi) is 5.16. The van der Waals surface area contributed by atoms with Gasteiger partial charge in [0.1, 0.15) is 5.41 Å². The van der Waals surface area contributed by atoms with Gasteiger partial charge in [0.2, 0.25) is 0 Å². The monoisotopic (exact) mass is 294 g/mol. The lowest BCUT2D eigenvalue weighted by molar-refractivity contribution is -0.147. The Bertz CT molecular complexity index is 635. The number of carbonyl (C=O) groups excluding carboxylic acids is 1. The van der Waals surface area contributed by atoms with Gasteiger partial charge in [-0.05, 0) is 36.5 Å². The van der Waals surface area contributed by atoms with E-state index in [1.807, 2.05) is 55.5 Å². The molecule has 2 rings (SSSR count). The summed E-state index contributed by atoms with van der Waals surface area (Å²) in [4.78, 5) is 12.4. The smallest absolute Gasteiger partial charge is 0.320 e. The van der Waals surface area contributed by atoms with Crippen molar-refractivity contribution in [3.63, 3.8) is 0 Å². The quantitative estimate of drug-likeness (QED) is 0.580. The average molecular weight is 294 g/mol. The van der Waals surface area contributed by atoms with Crippen LogP contribution in [-0.2, 0) is 9.53 Å². The van der Waals surface area contributed by atoms with Crippen LogP contribution >= 0.6 is 0 Å². The van der Waals surface area contributed by atoms with Crippen LogP contribution in [0, 0.1) is 5.41 Å². The number of hydrogen-bond acceptors (Lipinski definition) is 2. The fourth-order valence-corrected chi connectivity index (χ4v) is 2.81. The minimum atomic E-state index is -0.752. The lowest BCUT2D eigenvalue weighted by Crippen LogP contribution is -2.29. The highest BCUT2D eigenvalue weighted by Crippen LogP contribution is 2.46. The highest BCUT2D eigenvalue weighted by atomic mass is 16.5. The Morgan fingerprint density at radius 1 is 1.27 bits per heavy atom. The standard InChI is InChI=1S/C20H22O2/c1-4-5-7-10-16(2)20(19(21)22-3)14-13-18(15-20)17-11-8-6-9-12-17/h4-12,15H,2,13-14H2,1,3H3/b5-4-,10-7-/t20-/m1/s1. The highest BCUT2D eigenvalue weighted by Gasteiger charge is 2.43. The van der Waals surface area contributed by atoms with E-state index in [9.17, 15) is 4.79 Å². The van der Waals surface area contributed by atoms with E-state index in [4.69, 9.17) is 4.74 Å². The van der Waals surface area contributed by atoms with Crippen LogP contribution in [0.4, 0.5) is 0 Å². The van der Waals surface area contributed by atoms with Crippen molar-refractivity contribution >= 4 is 11.5 Å². The summed E-state index contributed by atoms with van der Waals surface area (Å²) in [5, 5.41) is 0. The van der Waals surface area contributed by atoms with E-state index < -0.39 is 5.41 Å². The van der Waals surface area contributed by atoms with Gasteiger partial charge in [-0.3, -0.25) is 4.79 Å². The van der Waals surface area contributed by atoms with E-state index >= 15 is 0 Å². The zero-order valence-electron chi connectivity index (χ0n) is 13.2. The first-order valence-corrected chi connectivity index (χ1v) is 7.48. The van der Waals surface area contributed by atoms with Crippen molar-refractivity contribution in [2.75, 3.05) is 7.11 Å². The number of rotatable bonds is 5. The number of allylic oxidation sites excluding steroid dienone is 5. The largest absolute Gasteiger partial charge is 0.468 e. The maximum Gasteiger partial charge on any atom is 0.320 e. The molecular formula is C20H22O2. The van der Waals surface area contributed by atoms with Crippen LogP contribution in [0.3, 0.4) is 0 Å². The van der Waals surface area contributed by atoms with Gasteiger partial charge < -0.3 is 4.74 Å². The fourth-order valence-electron chi connectivity index (χ4n) is 2.81. The molecule has 114 valence electrons. The minimum Gasteiger partial charge on any atom is -0.468 e. The lowest BCUT2D eigenvalue weighted by Gasteiger charge is -2.24. The zero-order valence-corrected chi connectivity index (χ0v) is 13.2. The summed E-state index contributed by atoms with van der Waals surface area (Å²) in [5.41, 5.74) is 2.34. The molecule has 0 aliphatic heterocycles. The molecule has 0 N–H and O–H groups in total. The summed E-state index contributed by atoms with van der Waals surface area (Å²) < 4.78 is 5.05. The van der Waals surface area contributed by atoms with Crippen molar-refractivity contribution in [1.29, 1.82) is 0 Å². The first kappa shape index (κ1) is 16.0. The second-order valence-electron chi connectivity index (χ2n) is 5.41. The van der Waals surface area contributed by atoms with E-state index in [0.717, 1.165) is 17.6 Å². The molecule has 1 aromatic carbocycles. The van der Waals surface area contributed by atoms with Crippen LogP contribution in [0.1, 0.15) is 25.3 Å². The third-order valence-corrected chi connectivity index (χ3v) is 4.08. The Hall–Kier alpha value is -2.35. The SMILES string of the molecule is C=C(/C=C\C=C/C)[C@]1(C(=O)OC)C=C(c2ccccc2)CC1. The molecule has 0 saturated carbocycles. The summed E-state index contributed by atoms with van der Waals surface area (Å²) in [7, 11) is 1.43. The third-order valence-electron chi connectivity index (χ3n) is 4.08. The van der Waals surface area contributed by atoms with Crippen molar-refractivity contribution < 1.29 is 9.53 Å². The fraction of sp³-hybridized carbons (Fsp3) is 0.250. The molecule has 2 nitrogen and oxygen atoms in total. The summed E-state index contributed by atoms with van der Waals surface area (Å²) >= 11 is 0. The van der Waals surface area contributed by atoms with Gasteiger partial charge in [-0.25, -0.2) is 0 Å². The van der Waals surface area contributed by atoms with Gasteiger partial charge in [0.05, 0.1) is 7.11 Å². The molecule has 22 heavy (non-hydrogen) atoms. The zero-order chi connectivity index (χ0) is 16.0. The maximum atomic E-state index is 12.4. The van der Waals surface area contributed by atoms with Crippen LogP contribution in [0.5, 0.6) is 0 Å². The average Bonchev–Trinajstić information content (AvgIpc) is 3.01. The molecule has 0 aromatic heterocycles. The molecule has 1 aliphatic carbocycles. The summed E-state index contributed by atoms with van der Waals surface area (Å²) in [6.07, 6.45) is 11.2. The maximum absolute atomic E-state index is 12.4. The Balaban J connectivity index is 2.38. The third kappa shape index (κ3) is 3.11. The predicted octanol–water partition coefficient (Wildman–Crippen LogP) is 4.71. The van der Waals surface area contributed by atoms with E-state index in [1.165, 1.54) is 12.7 Å². The normalized spacial score (nSPS) is 21.3. The second-order valence-corrected chi connectivity index (χ2v) is 5.41. The number of hydrogen-bond donors (Lipinski definition) is 0. The predicted molar refractivity (Wildman–Crippen MR) is 91.2 cm³/mol. The first-order valence-electron chi connectivity index (χ1n) is 7.48. The number of methoxy groups -OCH3 is 1. The van der Waals surface area contributed by atoms with Crippen LogP contribution < -0.4 is 0 Å². The van der Waals surface area contributed by atoms with Crippen LogP contribution in [0.25, 0.3) is 5.57 Å². The van der Waals surface area contributed by atoms with Crippen molar-refractivity contribution in [1.82, 2.24) is 0 Å².